The molecule has 0 fully saturated rings. The molecule has 1 amide bonds. The average molecular weight is 317 g/mol. The van der Waals surface area contributed by atoms with Gasteiger partial charge in [0.1, 0.15) is 12.3 Å². The van der Waals surface area contributed by atoms with E-state index in [1.165, 1.54) is 0 Å². The summed E-state index contributed by atoms with van der Waals surface area (Å²) in [6, 6.07) is 5.78. The highest BCUT2D eigenvalue weighted by atomic mass is 16.5. The molecule has 0 N–H and O–H groups in total. The van der Waals surface area contributed by atoms with Gasteiger partial charge < -0.3 is 9.64 Å². The molecule has 126 valence electrons. The summed E-state index contributed by atoms with van der Waals surface area (Å²) >= 11 is 0. The minimum absolute atomic E-state index is 0.101. The van der Waals surface area contributed by atoms with Crippen LogP contribution in [-0.4, -0.2) is 40.8 Å². The van der Waals surface area contributed by atoms with Crippen LogP contribution in [0.4, 0.5) is 0 Å². The molecule has 0 aliphatic rings. The van der Waals surface area contributed by atoms with Crippen LogP contribution in [0.1, 0.15) is 34.1 Å². The van der Waals surface area contributed by atoms with Crippen molar-refractivity contribution < 1.29 is 9.53 Å². The Morgan fingerprint density at radius 2 is 2.09 bits per heavy atom. The highest BCUT2D eigenvalue weighted by molar-refractivity contribution is 5.83. The Bertz CT molecular complexity index is 670. The lowest BCUT2D eigenvalue weighted by Gasteiger charge is -2.26. The Morgan fingerprint density at radius 1 is 1.35 bits per heavy atom. The topological polar surface area (TPSA) is 47.4 Å². The predicted molar refractivity (Wildman–Crippen MR) is 92.6 cm³/mol. The number of fused-ring (bicyclic) bond motifs is 1. The fourth-order valence-electron chi connectivity index (χ4n) is 2.46. The highest BCUT2D eigenvalue weighted by Gasteiger charge is 2.18. The van der Waals surface area contributed by atoms with Crippen LogP contribution in [0, 0.1) is 5.41 Å². The molecule has 0 bridgehead atoms. The first-order valence-electron chi connectivity index (χ1n) is 8.11. The number of hydrogen-bond donors (Lipinski definition) is 0. The van der Waals surface area contributed by atoms with Gasteiger partial charge in [0.2, 0.25) is 5.91 Å². The summed E-state index contributed by atoms with van der Waals surface area (Å²) in [6.45, 7) is 10.4. The van der Waals surface area contributed by atoms with Gasteiger partial charge in [0.05, 0.1) is 18.8 Å². The van der Waals surface area contributed by atoms with Crippen LogP contribution in [0.5, 0.6) is 5.75 Å². The van der Waals surface area contributed by atoms with E-state index in [0.717, 1.165) is 36.2 Å². The number of aromatic nitrogens is 2. The van der Waals surface area contributed by atoms with Crippen molar-refractivity contribution in [2.75, 3.05) is 20.2 Å². The molecule has 1 aromatic carbocycles. The van der Waals surface area contributed by atoms with Crippen molar-refractivity contribution in [2.24, 2.45) is 5.41 Å². The second-order valence-corrected chi connectivity index (χ2v) is 7.01. The van der Waals surface area contributed by atoms with E-state index in [1.54, 1.807) is 18.0 Å². The average Bonchev–Trinajstić information content (AvgIpc) is 2.89. The second-order valence-electron chi connectivity index (χ2n) is 7.01. The van der Waals surface area contributed by atoms with E-state index in [0.29, 0.717) is 0 Å². The number of benzene rings is 1. The Hall–Kier alpha value is -2.04. The van der Waals surface area contributed by atoms with Crippen molar-refractivity contribution in [1.82, 2.24) is 14.7 Å². The Kier molecular flexibility index (Phi) is 5.29. The maximum atomic E-state index is 12.6. The van der Waals surface area contributed by atoms with Crippen LogP contribution < -0.4 is 4.74 Å². The largest absolute Gasteiger partial charge is 0.497 e. The zero-order valence-electron chi connectivity index (χ0n) is 14.8. The number of ether oxygens (including phenoxy) is 1. The first kappa shape index (κ1) is 17.3. The van der Waals surface area contributed by atoms with E-state index < -0.39 is 0 Å². The van der Waals surface area contributed by atoms with Gasteiger partial charge >= 0.3 is 0 Å². The molecular weight excluding hydrogens is 290 g/mol. The van der Waals surface area contributed by atoms with Gasteiger partial charge in [-0.1, -0.05) is 20.8 Å². The third kappa shape index (κ3) is 4.47. The molecular formula is C18H27N3O2. The number of likely N-dealkylation sites (N-methyl/N-ethyl adjacent to an activating group) is 1. The van der Waals surface area contributed by atoms with E-state index in [-0.39, 0.29) is 17.9 Å². The minimum atomic E-state index is 0.101. The van der Waals surface area contributed by atoms with Crippen LogP contribution in [0.25, 0.3) is 10.9 Å². The molecule has 1 heterocycles. The number of nitrogens with zero attached hydrogens (tertiary/aromatic N) is 3. The van der Waals surface area contributed by atoms with Crippen LogP contribution >= 0.6 is 0 Å². The lowest BCUT2D eigenvalue weighted by molar-refractivity contribution is -0.132. The first-order chi connectivity index (χ1) is 10.8. The minimum Gasteiger partial charge on any atom is -0.497 e. The normalized spacial score (nSPS) is 11.7. The Balaban J connectivity index is 2.12. The molecule has 0 aliphatic carbocycles. The molecule has 0 saturated carbocycles. The van der Waals surface area contributed by atoms with Crippen molar-refractivity contribution in [1.29, 1.82) is 0 Å². The number of rotatable bonds is 6. The molecule has 2 aromatic rings. The highest BCUT2D eigenvalue weighted by Crippen LogP contribution is 2.21. The van der Waals surface area contributed by atoms with Gasteiger partial charge in [0.25, 0.3) is 0 Å². The number of amides is 1. The van der Waals surface area contributed by atoms with Crippen molar-refractivity contribution in [3.63, 3.8) is 0 Å². The van der Waals surface area contributed by atoms with Crippen LogP contribution in [0.2, 0.25) is 0 Å². The molecule has 5 heteroatoms. The second kappa shape index (κ2) is 7.02. The maximum absolute atomic E-state index is 12.6. The van der Waals surface area contributed by atoms with Gasteiger partial charge in [-0.3, -0.25) is 9.48 Å². The maximum Gasteiger partial charge on any atom is 0.244 e. The Morgan fingerprint density at radius 3 is 2.70 bits per heavy atom. The lowest BCUT2D eigenvalue weighted by Crippen LogP contribution is -2.36. The summed E-state index contributed by atoms with van der Waals surface area (Å²) in [7, 11) is 1.64. The van der Waals surface area contributed by atoms with Gasteiger partial charge in [0.15, 0.2) is 0 Å². The van der Waals surface area contributed by atoms with Crippen LogP contribution in [0.3, 0.4) is 0 Å². The quantitative estimate of drug-likeness (QED) is 0.821. The third-order valence-corrected chi connectivity index (χ3v) is 4.00. The number of carbonyl (C=O) groups excluding carboxylic acids is 1. The van der Waals surface area contributed by atoms with E-state index in [9.17, 15) is 4.79 Å². The van der Waals surface area contributed by atoms with E-state index >= 15 is 0 Å². The van der Waals surface area contributed by atoms with E-state index in [1.807, 2.05) is 30.0 Å². The number of methoxy groups -OCH3 is 1. The van der Waals surface area contributed by atoms with Crippen molar-refractivity contribution in [3.05, 3.63) is 24.4 Å². The van der Waals surface area contributed by atoms with Gasteiger partial charge in [-0.25, -0.2) is 0 Å². The van der Waals surface area contributed by atoms with Gasteiger partial charge in [-0.2, -0.15) is 5.10 Å². The Labute approximate surface area is 138 Å². The van der Waals surface area contributed by atoms with Gasteiger partial charge in [-0.05, 0) is 30.9 Å². The van der Waals surface area contributed by atoms with Crippen molar-refractivity contribution >= 4 is 16.8 Å². The summed E-state index contributed by atoms with van der Waals surface area (Å²) < 4.78 is 7.01. The van der Waals surface area contributed by atoms with Gasteiger partial charge in [-0.15, -0.1) is 0 Å². The lowest BCUT2D eigenvalue weighted by atomic mass is 9.92. The molecule has 23 heavy (non-hydrogen) atoms. The van der Waals surface area contributed by atoms with E-state index in [4.69, 9.17) is 4.74 Å². The summed E-state index contributed by atoms with van der Waals surface area (Å²) in [5.41, 5.74) is 1.14. The van der Waals surface area contributed by atoms with Crippen molar-refractivity contribution in [3.8, 4) is 5.75 Å². The third-order valence-electron chi connectivity index (χ3n) is 4.00. The predicted octanol–water partition coefficient (Wildman–Crippen LogP) is 3.33. The van der Waals surface area contributed by atoms with Crippen molar-refractivity contribution in [2.45, 2.75) is 40.7 Å². The number of carbonyl (C=O) groups is 1. The SMILES string of the molecule is CCN(CCC(C)(C)C)C(=O)Cn1ncc2ccc(OC)cc21. The fourth-order valence-corrected chi connectivity index (χ4v) is 2.46. The molecule has 0 saturated heterocycles. The fraction of sp³-hybridized carbons (Fsp3) is 0.556. The molecule has 1 aromatic heterocycles. The summed E-state index contributed by atoms with van der Waals surface area (Å²) in [5.74, 6) is 0.872. The standard InChI is InChI=1S/C18H27N3O2/c1-6-20(10-9-18(2,3)4)17(22)13-21-16-11-15(23-5)8-7-14(16)12-19-21/h7-8,11-12H,6,9-10,13H2,1-5H3. The number of hydrogen-bond acceptors (Lipinski definition) is 3. The summed E-state index contributed by atoms with van der Waals surface area (Å²) in [4.78, 5) is 14.5. The molecule has 0 radical (unpaired) electrons. The molecule has 5 nitrogen and oxygen atoms in total. The monoisotopic (exact) mass is 317 g/mol. The molecule has 0 spiro atoms. The zero-order valence-corrected chi connectivity index (χ0v) is 14.8. The molecule has 0 unspecified atom stereocenters. The van der Waals surface area contributed by atoms with Crippen LogP contribution in [-0.2, 0) is 11.3 Å². The molecule has 2 rings (SSSR count). The first-order valence-corrected chi connectivity index (χ1v) is 8.11. The zero-order chi connectivity index (χ0) is 17.0. The summed E-state index contributed by atoms with van der Waals surface area (Å²) in [6.07, 6.45) is 2.77. The molecule has 0 atom stereocenters. The van der Waals surface area contributed by atoms with Crippen LogP contribution in [0.15, 0.2) is 24.4 Å². The molecule has 0 aliphatic heterocycles. The van der Waals surface area contributed by atoms with E-state index in [2.05, 4.69) is 25.9 Å². The smallest absolute Gasteiger partial charge is 0.244 e. The van der Waals surface area contributed by atoms with Gasteiger partial charge in [0, 0.05) is 24.5 Å². The summed E-state index contributed by atoms with van der Waals surface area (Å²) in [5, 5.41) is 5.36.